The number of thioether (sulfide) groups is 1. The van der Waals surface area contributed by atoms with Crippen LogP contribution in [-0.4, -0.2) is 26.3 Å². The van der Waals surface area contributed by atoms with Crippen LogP contribution in [0.25, 0.3) is 11.6 Å². The molecule has 0 aromatic carbocycles. The van der Waals surface area contributed by atoms with Crippen molar-refractivity contribution in [3.8, 4) is 11.6 Å². The van der Waals surface area contributed by atoms with E-state index < -0.39 is 0 Å². The second kappa shape index (κ2) is 4.52. The second-order valence-electron chi connectivity index (χ2n) is 3.33. The molecular formula is C10H11N3O2S. The lowest BCUT2D eigenvalue weighted by molar-refractivity contribution is -0.114. The van der Waals surface area contributed by atoms with Crippen molar-refractivity contribution in [2.24, 2.45) is 7.05 Å². The molecule has 0 spiro atoms. The summed E-state index contributed by atoms with van der Waals surface area (Å²) in [6.07, 6.45) is 1.59. The first kappa shape index (κ1) is 10.9. The summed E-state index contributed by atoms with van der Waals surface area (Å²) in [5, 5.41) is 8.74. The van der Waals surface area contributed by atoms with Gasteiger partial charge in [0, 0.05) is 7.05 Å². The number of carbonyl (C=O) groups is 1. The van der Waals surface area contributed by atoms with E-state index in [1.165, 1.54) is 11.8 Å². The van der Waals surface area contributed by atoms with E-state index in [1.807, 2.05) is 17.7 Å². The molecule has 2 aromatic heterocycles. The number of rotatable bonds is 4. The predicted octanol–water partition coefficient (Wildman–Crippen LogP) is 1.76. The molecule has 0 unspecified atom stereocenters. The third kappa shape index (κ3) is 2.16. The quantitative estimate of drug-likeness (QED) is 0.758. The molecule has 0 bridgehead atoms. The number of carbonyl (C=O) groups excluding carboxylic acids is 1. The van der Waals surface area contributed by atoms with Crippen LogP contribution >= 0.6 is 11.8 Å². The molecule has 0 aliphatic carbocycles. The van der Waals surface area contributed by atoms with Crippen LogP contribution < -0.4 is 0 Å². The van der Waals surface area contributed by atoms with E-state index in [0.717, 1.165) is 0 Å². The summed E-state index contributed by atoms with van der Waals surface area (Å²) in [7, 11) is 1.85. The molecule has 0 aliphatic heterocycles. The molecule has 2 aromatic rings. The molecule has 0 aliphatic rings. The SMILES string of the molecule is CC(=O)CSc1nnc(-c2ccco2)n1C. The van der Waals surface area contributed by atoms with Gasteiger partial charge in [-0.2, -0.15) is 0 Å². The van der Waals surface area contributed by atoms with E-state index in [1.54, 1.807) is 19.3 Å². The maximum atomic E-state index is 10.9. The zero-order valence-corrected chi connectivity index (χ0v) is 9.82. The Balaban J connectivity index is 2.21. The molecule has 0 atom stereocenters. The van der Waals surface area contributed by atoms with Crippen LogP contribution in [0.2, 0.25) is 0 Å². The van der Waals surface area contributed by atoms with Crippen LogP contribution in [0, 0.1) is 0 Å². The van der Waals surface area contributed by atoms with E-state index in [2.05, 4.69) is 10.2 Å². The van der Waals surface area contributed by atoms with Gasteiger partial charge in [-0.1, -0.05) is 11.8 Å². The Hall–Kier alpha value is -1.56. The van der Waals surface area contributed by atoms with Crippen LogP contribution in [0.4, 0.5) is 0 Å². The Labute approximate surface area is 96.9 Å². The highest BCUT2D eigenvalue weighted by molar-refractivity contribution is 7.99. The van der Waals surface area contributed by atoms with Gasteiger partial charge in [-0.25, -0.2) is 0 Å². The summed E-state index contributed by atoms with van der Waals surface area (Å²) in [5.41, 5.74) is 0. The average Bonchev–Trinajstić information content (AvgIpc) is 2.84. The third-order valence-corrected chi connectivity index (χ3v) is 3.15. The molecule has 0 saturated carbocycles. The number of aromatic nitrogens is 3. The fourth-order valence-corrected chi connectivity index (χ4v) is 1.94. The molecule has 0 fully saturated rings. The molecule has 16 heavy (non-hydrogen) atoms. The standard InChI is InChI=1S/C10H11N3O2S/c1-7(14)6-16-10-12-11-9(13(10)2)8-4-3-5-15-8/h3-5H,6H2,1-2H3. The number of ketones is 1. The van der Waals surface area contributed by atoms with Crippen LogP contribution in [0.1, 0.15) is 6.92 Å². The molecule has 84 valence electrons. The Bertz CT molecular complexity index is 490. The van der Waals surface area contributed by atoms with Crippen molar-refractivity contribution in [1.29, 1.82) is 0 Å². The topological polar surface area (TPSA) is 60.9 Å². The monoisotopic (exact) mass is 237 g/mol. The molecule has 0 N–H and O–H groups in total. The van der Waals surface area contributed by atoms with Gasteiger partial charge in [-0.3, -0.25) is 4.79 Å². The van der Waals surface area contributed by atoms with Gasteiger partial charge >= 0.3 is 0 Å². The van der Waals surface area contributed by atoms with Gasteiger partial charge in [0.2, 0.25) is 0 Å². The van der Waals surface area contributed by atoms with Crippen LogP contribution in [0.5, 0.6) is 0 Å². The van der Waals surface area contributed by atoms with Crippen LogP contribution in [-0.2, 0) is 11.8 Å². The third-order valence-electron chi connectivity index (χ3n) is 1.98. The maximum absolute atomic E-state index is 10.9. The van der Waals surface area contributed by atoms with E-state index in [4.69, 9.17) is 4.42 Å². The molecule has 0 amide bonds. The van der Waals surface area contributed by atoms with E-state index in [-0.39, 0.29) is 5.78 Å². The van der Waals surface area contributed by atoms with Crippen LogP contribution in [0.15, 0.2) is 28.0 Å². The lowest BCUT2D eigenvalue weighted by Crippen LogP contribution is -1.98. The van der Waals surface area contributed by atoms with Crippen molar-refractivity contribution in [2.75, 3.05) is 5.75 Å². The molecular weight excluding hydrogens is 226 g/mol. The summed E-state index contributed by atoms with van der Waals surface area (Å²) in [4.78, 5) is 10.9. The summed E-state index contributed by atoms with van der Waals surface area (Å²) in [6, 6.07) is 3.62. The zero-order valence-electron chi connectivity index (χ0n) is 9.01. The highest BCUT2D eigenvalue weighted by Gasteiger charge is 2.13. The number of hydrogen-bond acceptors (Lipinski definition) is 5. The Morgan fingerprint density at radius 2 is 2.38 bits per heavy atom. The molecule has 0 saturated heterocycles. The van der Waals surface area contributed by atoms with E-state index in [9.17, 15) is 4.79 Å². The van der Waals surface area contributed by atoms with Gasteiger partial charge in [0.15, 0.2) is 16.7 Å². The largest absolute Gasteiger partial charge is 0.461 e. The Morgan fingerprint density at radius 3 is 3.00 bits per heavy atom. The average molecular weight is 237 g/mol. The first-order valence-electron chi connectivity index (χ1n) is 4.74. The van der Waals surface area contributed by atoms with Crippen molar-refractivity contribution in [3.63, 3.8) is 0 Å². The summed E-state index contributed by atoms with van der Waals surface area (Å²) < 4.78 is 7.05. The van der Waals surface area contributed by atoms with Crippen molar-refractivity contribution in [3.05, 3.63) is 18.4 Å². The molecule has 2 rings (SSSR count). The highest BCUT2D eigenvalue weighted by atomic mass is 32.2. The van der Waals surface area contributed by atoms with Crippen molar-refractivity contribution in [1.82, 2.24) is 14.8 Å². The zero-order chi connectivity index (χ0) is 11.5. The second-order valence-corrected chi connectivity index (χ2v) is 4.28. The minimum absolute atomic E-state index is 0.118. The minimum atomic E-state index is 0.118. The fourth-order valence-electron chi connectivity index (χ4n) is 1.23. The molecule has 2 heterocycles. The lowest BCUT2D eigenvalue weighted by atomic mass is 10.4. The molecule has 6 heteroatoms. The normalized spacial score (nSPS) is 10.6. The van der Waals surface area contributed by atoms with Gasteiger partial charge in [-0.15, -0.1) is 10.2 Å². The molecule has 5 nitrogen and oxygen atoms in total. The highest BCUT2D eigenvalue weighted by Crippen LogP contribution is 2.22. The Kier molecular flexibility index (Phi) is 3.09. The first-order valence-corrected chi connectivity index (χ1v) is 5.72. The number of hydrogen-bond donors (Lipinski definition) is 0. The van der Waals surface area contributed by atoms with Gasteiger partial charge < -0.3 is 8.98 Å². The Morgan fingerprint density at radius 1 is 1.56 bits per heavy atom. The van der Waals surface area contributed by atoms with Crippen molar-refractivity contribution < 1.29 is 9.21 Å². The first-order chi connectivity index (χ1) is 7.68. The maximum Gasteiger partial charge on any atom is 0.200 e. The summed E-state index contributed by atoms with van der Waals surface area (Å²) in [5.74, 6) is 1.86. The van der Waals surface area contributed by atoms with Crippen molar-refractivity contribution >= 4 is 17.5 Å². The number of furan rings is 1. The summed E-state index contributed by atoms with van der Waals surface area (Å²) in [6.45, 7) is 1.55. The lowest BCUT2D eigenvalue weighted by Gasteiger charge is -1.99. The smallest absolute Gasteiger partial charge is 0.200 e. The van der Waals surface area contributed by atoms with Crippen LogP contribution in [0.3, 0.4) is 0 Å². The number of nitrogens with zero attached hydrogens (tertiary/aromatic N) is 3. The molecule has 0 radical (unpaired) electrons. The van der Waals surface area contributed by atoms with Crippen molar-refractivity contribution in [2.45, 2.75) is 12.1 Å². The van der Waals surface area contributed by atoms with Gasteiger partial charge in [0.1, 0.15) is 5.78 Å². The predicted molar refractivity (Wildman–Crippen MR) is 60.1 cm³/mol. The summed E-state index contributed by atoms with van der Waals surface area (Å²) >= 11 is 1.37. The fraction of sp³-hybridized carbons (Fsp3) is 0.300. The minimum Gasteiger partial charge on any atom is -0.461 e. The van der Waals surface area contributed by atoms with Gasteiger partial charge in [-0.05, 0) is 19.1 Å². The van der Waals surface area contributed by atoms with Gasteiger partial charge in [0.25, 0.3) is 0 Å². The van der Waals surface area contributed by atoms with Gasteiger partial charge in [0.05, 0.1) is 12.0 Å². The number of Topliss-reactive ketones (excluding diaryl/α,β-unsaturated/α-hetero) is 1. The van der Waals surface area contributed by atoms with E-state index >= 15 is 0 Å². The van der Waals surface area contributed by atoms with E-state index in [0.29, 0.717) is 22.5 Å².